The lowest BCUT2D eigenvalue weighted by molar-refractivity contribution is 0.650. The summed E-state index contributed by atoms with van der Waals surface area (Å²) in [5.74, 6) is 3.65. The predicted molar refractivity (Wildman–Crippen MR) is 81.4 cm³/mol. The molecule has 2 aromatic rings. The maximum Gasteiger partial charge on any atom is 0.152 e. The first-order valence-electron chi connectivity index (χ1n) is 7.38. The molecule has 0 spiro atoms. The SMILES string of the molecule is CSc1cncc(NCc2nnc(C3CC3)n2C2CC2)n1. The van der Waals surface area contributed by atoms with Crippen LogP contribution in [0.3, 0.4) is 0 Å². The third kappa shape index (κ3) is 2.74. The second-order valence-electron chi connectivity index (χ2n) is 5.65. The lowest BCUT2D eigenvalue weighted by Gasteiger charge is -2.10. The van der Waals surface area contributed by atoms with Crippen LogP contribution < -0.4 is 5.32 Å². The van der Waals surface area contributed by atoms with Crippen molar-refractivity contribution in [2.45, 2.75) is 49.2 Å². The first-order chi connectivity index (χ1) is 10.3. The molecule has 0 atom stereocenters. The topological polar surface area (TPSA) is 68.5 Å². The van der Waals surface area contributed by atoms with Crippen molar-refractivity contribution >= 4 is 17.6 Å². The molecule has 2 aliphatic rings. The minimum atomic E-state index is 0.621. The maximum absolute atomic E-state index is 4.48. The van der Waals surface area contributed by atoms with Gasteiger partial charge in [-0.15, -0.1) is 22.0 Å². The van der Waals surface area contributed by atoms with Crippen molar-refractivity contribution in [1.82, 2.24) is 24.7 Å². The monoisotopic (exact) mass is 302 g/mol. The second kappa shape index (κ2) is 5.29. The highest BCUT2D eigenvalue weighted by molar-refractivity contribution is 7.98. The number of hydrogen-bond donors (Lipinski definition) is 1. The van der Waals surface area contributed by atoms with Gasteiger partial charge in [0.2, 0.25) is 0 Å². The molecule has 1 N–H and O–H groups in total. The van der Waals surface area contributed by atoms with Crippen LogP contribution in [0, 0.1) is 0 Å². The maximum atomic E-state index is 4.48. The van der Waals surface area contributed by atoms with E-state index in [2.05, 4.69) is 30.0 Å². The Morgan fingerprint density at radius 2 is 2.10 bits per heavy atom. The Kier molecular flexibility index (Phi) is 3.29. The fourth-order valence-electron chi connectivity index (χ4n) is 2.51. The van der Waals surface area contributed by atoms with Crippen LogP contribution in [0.4, 0.5) is 5.82 Å². The first kappa shape index (κ1) is 13.1. The van der Waals surface area contributed by atoms with E-state index < -0.39 is 0 Å². The van der Waals surface area contributed by atoms with E-state index in [0.29, 0.717) is 18.5 Å². The van der Waals surface area contributed by atoms with E-state index in [-0.39, 0.29) is 0 Å². The molecular weight excluding hydrogens is 284 g/mol. The Morgan fingerprint density at radius 3 is 2.81 bits per heavy atom. The zero-order chi connectivity index (χ0) is 14.2. The summed E-state index contributed by atoms with van der Waals surface area (Å²) in [6.45, 7) is 0.655. The Balaban J connectivity index is 1.51. The van der Waals surface area contributed by atoms with Gasteiger partial charge in [0.05, 0.1) is 18.9 Å². The molecule has 2 fully saturated rings. The Labute approximate surface area is 127 Å². The highest BCUT2D eigenvalue weighted by Crippen LogP contribution is 2.44. The zero-order valence-electron chi connectivity index (χ0n) is 12.0. The molecule has 21 heavy (non-hydrogen) atoms. The number of aromatic nitrogens is 5. The van der Waals surface area contributed by atoms with Crippen LogP contribution >= 0.6 is 11.8 Å². The van der Waals surface area contributed by atoms with E-state index in [1.54, 1.807) is 24.2 Å². The molecule has 0 bridgehead atoms. The molecule has 4 rings (SSSR count). The Hall–Kier alpha value is -1.63. The van der Waals surface area contributed by atoms with Crippen LogP contribution in [-0.2, 0) is 6.54 Å². The first-order valence-corrected chi connectivity index (χ1v) is 8.61. The number of nitrogens with one attached hydrogen (secondary N) is 1. The van der Waals surface area contributed by atoms with Crippen LogP contribution in [0.5, 0.6) is 0 Å². The van der Waals surface area contributed by atoms with Crippen molar-refractivity contribution in [2.75, 3.05) is 11.6 Å². The van der Waals surface area contributed by atoms with Gasteiger partial charge in [0.15, 0.2) is 5.82 Å². The molecule has 6 nitrogen and oxygen atoms in total. The number of hydrogen-bond acceptors (Lipinski definition) is 6. The lowest BCUT2D eigenvalue weighted by Crippen LogP contribution is -2.10. The molecule has 2 saturated carbocycles. The molecule has 2 heterocycles. The predicted octanol–water partition coefficient (Wildman–Crippen LogP) is 2.61. The summed E-state index contributed by atoms with van der Waals surface area (Å²) < 4.78 is 2.36. The van der Waals surface area contributed by atoms with Crippen molar-refractivity contribution in [1.29, 1.82) is 0 Å². The van der Waals surface area contributed by atoms with E-state index in [1.807, 2.05) is 6.26 Å². The summed E-state index contributed by atoms with van der Waals surface area (Å²) in [4.78, 5) is 8.68. The number of rotatable bonds is 6. The number of thioether (sulfide) groups is 1. The minimum absolute atomic E-state index is 0.621. The summed E-state index contributed by atoms with van der Waals surface area (Å²) in [6.07, 6.45) is 10.6. The van der Waals surface area contributed by atoms with Crippen molar-refractivity contribution in [2.24, 2.45) is 0 Å². The molecule has 0 saturated heterocycles. The lowest BCUT2D eigenvalue weighted by atomic mass is 10.4. The van der Waals surface area contributed by atoms with Crippen molar-refractivity contribution in [3.8, 4) is 0 Å². The largest absolute Gasteiger partial charge is 0.361 e. The number of anilines is 1. The summed E-state index contributed by atoms with van der Waals surface area (Å²) in [7, 11) is 0. The van der Waals surface area contributed by atoms with E-state index in [1.165, 1.54) is 31.5 Å². The highest BCUT2D eigenvalue weighted by Gasteiger charge is 2.36. The Morgan fingerprint density at radius 1 is 1.24 bits per heavy atom. The summed E-state index contributed by atoms with van der Waals surface area (Å²) >= 11 is 1.59. The van der Waals surface area contributed by atoms with Gasteiger partial charge in [-0.25, -0.2) is 4.98 Å². The summed E-state index contributed by atoms with van der Waals surface area (Å²) in [5.41, 5.74) is 0. The quantitative estimate of drug-likeness (QED) is 0.827. The molecule has 2 aromatic heterocycles. The zero-order valence-corrected chi connectivity index (χ0v) is 12.8. The average Bonchev–Trinajstić information content (AvgIpc) is 3.44. The molecule has 0 aromatic carbocycles. The van der Waals surface area contributed by atoms with Gasteiger partial charge in [-0.1, -0.05) is 0 Å². The summed E-state index contributed by atoms with van der Waals surface area (Å²) in [5, 5.41) is 13.1. The van der Waals surface area contributed by atoms with Gasteiger partial charge < -0.3 is 9.88 Å². The van der Waals surface area contributed by atoms with E-state index in [4.69, 9.17) is 0 Å². The van der Waals surface area contributed by atoms with E-state index >= 15 is 0 Å². The van der Waals surface area contributed by atoms with Crippen LogP contribution in [0.15, 0.2) is 17.4 Å². The molecule has 0 radical (unpaired) electrons. The van der Waals surface area contributed by atoms with Gasteiger partial charge in [0.25, 0.3) is 0 Å². The standard InChI is InChI=1S/C14H18N6S/c1-21-13-8-15-6-11(17-13)16-7-12-18-19-14(9-2-3-9)20(12)10-4-5-10/h6,8-10H,2-5,7H2,1H3,(H,16,17). The van der Waals surface area contributed by atoms with Gasteiger partial charge in [-0.3, -0.25) is 4.98 Å². The average molecular weight is 302 g/mol. The molecule has 0 unspecified atom stereocenters. The van der Waals surface area contributed by atoms with Crippen LogP contribution in [-0.4, -0.2) is 31.0 Å². The van der Waals surface area contributed by atoms with E-state index in [9.17, 15) is 0 Å². The molecule has 7 heteroatoms. The van der Waals surface area contributed by atoms with Crippen LogP contribution in [0.25, 0.3) is 0 Å². The fraction of sp³-hybridized carbons (Fsp3) is 0.571. The molecule has 110 valence electrons. The Bertz CT molecular complexity index is 647. The van der Waals surface area contributed by atoms with Gasteiger partial charge in [-0.2, -0.15) is 0 Å². The fourth-order valence-corrected chi connectivity index (χ4v) is 2.87. The van der Waals surface area contributed by atoms with Gasteiger partial charge in [-0.05, 0) is 31.9 Å². The third-order valence-corrected chi connectivity index (χ3v) is 4.51. The minimum Gasteiger partial charge on any atom is -0.361 e. The highest BCUT2D eigenvalue weighted by atomic mass is 32.2. The molecule has 2 aliphatic carbocycles. The van der Waals surface area contributed by atoms with Crippen molar-refractivity contribution in [3.05, 3.63) is 24.0 Å². The van der Waals surface area contributed by atoms with Crippen LogP contribution in [0.2, 0.25) is 0 Å². The van der Waals surface area contributed by atoms with Gasteiger partial charge in [0, 0.05) is 12.0 Å². The van der Waals surface area contributed by atoms with Gasteiger partial charge in [0.1, 0.15) is 16.7 Å². The molecular formula is C14H18N6S. The van der Waals surface area contributed by atoms with Crippen molar-refractivity contribution < 1.29 is 0 Å². The normalized spacial score (nSPS) is 18.0. The summed E-state index contributed by atoms with van der Waals surface area (Å²) in [6, 6.07) is 0.621. The molecule has 0 amide bonds. The van der Waals surface area contributed by atoms with Gasteiger partial charge >= 0.3 is 0 Å². The molecule has 0 aliphatic heterocycles. The third-order valence-electron chi connectivity index (χ3n) is 3.90. The number of nitrogens with zero attached hydrogens (tertiary/aromatic N) is 5. The second-order valence-corrected chi connectivity index (χ2v) is 6.48. The smallest absolute Gasteiger partial charge is 0.152 e. The van der Waals surface area contributed by atoms with E-state index in [0.717, 1.165) is 16.7 Å². The van der Waals surface area contributed by atoms with Crippen molar-refractivity contribution in [3.63, 3.8) is 0 Å². The van der Waals surface area contributed by atoms with Crippen LogP contribution in [0.1, 0.15) is 49.3 Å².